The number of halogens is 3. The molecule has 30 heavy (non-hydrogen) atoms. The molecule has 2 aliphatic rings. The minimum absolute atomic E-state index is 0.0401. The maximum atomic E-state index is 12.2. The molecule has 2 aromatic carbocycles. The summed E-state index contributed by atoms with van der Waals surface area (Å²) in [6.45, 7) is 3.05. The molecule has 4 rings (SSSR count). The molecule has 2 heterocycles. The predicted molar refractivity (Wildman–Crippen MR) is 102 cm³/mol. The molecule has 2 fully saturated rings. The highest BCUT2D eigenvalue weighted by molar-refractivity contribution is 5.78. The van der Waals surface area contributed by atoms with Crippen molar-refractivity contribution >= 4 is 5.97 Å². The number of piperidine rings is 1. The maximum absolute atomic E-state index is 12.2. The molecular formula is C22H22F3NO4. The van der Waals surface area contributed by atoms with E-state index in [1.165, 1.54) is 24.3 Å². The van der Waals surface area contributed by atoms with Gasteiger partial charge in [-0.3, -0.25) is 9.69 Å². The van der Waals surface area contributed by atoms with Crippen LogP contribution in [0.15, 0.2) is 48.5 Å². The van der Waals surface area contributed by atoms with E-state index >= 15 is 0 Å². The average molecular weight is 421 g/mol. The van der Waals surface area contributed by atoms with Gasteiger partial charge in [-0.15, -0.1) is 13.2 Å². The van der Waals surface area contributed by atoms with Crippen molar-refractivity contribution in [1.82, 2.24) is 4.90 Å². The summed E-state index contributed by atoms with van der Waals surface area (Å²) in [5, 5.41) is 0. The van der Waals surface area contributed by atoms with E-state index in [2.05, 4.69) is 9.64 Å². The molecule has 0 saturated carbocycles. The quantitative estimate of drug-likeness (QED) is 0.643. The summed E-state index contributed by atoms with van der Waals surface area (Å²) >= 11 is 0. The zero-order chi connectivity index (χ0) is 21.2. The third-order valence-electron chi connectivity index (χ3n) is 5.68. The summed E-state index contributed by atoms with van der Waals surface area (Å²) in [4.78, 5) is 14.3. The van der Waals surface area contributed by atoms with Crippen LogP contribution in [0.4, 0.5) is 13.2 Å². The van der Waals surface area contributed by atoms with Gasteiger partial charge in [-0.25, -0.2) is 0 Å². The Balaban J connectivity index is 1.29. The summed E-state index contributed by atoms with van der Waals surface area (Å²) < 4.78 is 51.3. The number of nitrogens with zero attached hydrogens (tertiary/aromatic N) is 1. The Kier molecular flexibility index (Phi) is 5.60. The summed E-state index contributed by atoms with van der Waals surface area (Å²) in [5.74, 6) is 0.678. The molecule has 2 aromatic rings. The lowest BCUT2D eigenvalue weighted by atomic mass is 9.77. The Morgan fingerprint density at radius 1 is 0.900 bits per heavy atom. The van der Waals surface area contributed by atoms with E-state index in [-0.39, 0.29) is 17.1 Å². The number of benzene rings is 2. The second kappa shape index (κ2) is 8.18. The molecule has 2 saturated heterocycles. The largest absolute Gasteiger partial charge is 0.573 e. The second-order valence-electron chi connectivity index (χ2n) is 7.71. The van der Waals surface area contributed by atoms with E-state index in [1.54, 1.807) is 0 Å². The SMILES string of the molecule is O=C1OCCC12CCN(Cc1ccc(Oc3ccc(OC(F)(F)F)cc3)cc1)CC2. The van der Waals surface area contributed by atoms with Gasteiger partial charge in [-0.1, -0.05) is 12.1 Å². The molecule has 0 bridgehead atoms. The number of alkyl halides is 3. The summed E-state index contributed by atoms with van der Waals surface area (Å²) in [5.41, 5.74) is 0.857. The van der Waals surface area contributed by atoms with Crippen LogP contribution in [0.1, 0.15) is 24.8 Å². The van der Waals surface area contributed by atoms with Crippen LogP contribution in [0.3, 0.4) is 0 Å². The molecule has 0 N–H and O–H groups in total. The molecule has 8 heteroatoms. The van der Waals surface area contributed by atoms with Crippen LogP contribution >= 0.6 is 0 Å². The number of carbonyl (C=O) groups is 1. The molecule has 160 valence electrons. The van der Waals surface area contributed by atoms with Crippen molar-refractivity contribution in [3.8, 4) is 17.2 Å². The van der Waals surface area contributed by atoms with E-state index in [0.29, 0.717) is 18.1 Å². The van der Waals surface area contributed by atoms with Gasteiger partial charge in [0, 0.05) is 6.54 Å². The lowest BCUT2D eigenvalue weighted by Gasteiger charge is -2.36. The first-order valence-corrected chi connectivity index (χ1v) is 9.84. The molecule has 1 spiro atoms. The van der Waals surface area contributed by atoms with Crippen LogP contribution in [-0.2, 0) is 16.1 Å². The van der Waals surface area contributed by atoms with Crippen LogP contribution in [0.25, 0.3) is 0 Å². The van der Waals surface area contributed by atoms with Gasteiger partial charge in [0.15, 0.2) is 0 Å². The standard InChI is InChI=1S/C22H22F3NO4/c23-22(24,25)30-19-7-5-18(6-8-19)29-17-3-1-16(2-4-17)15-26-12-9-21(10-13-26)11-14-28-20(21)27/h1-8H,9-15H2. The number of hydrogen-bond donors (Lipinski definition) is 0. The van der Waals surface area contributed by atoms with Crippen molar-refractivity contribution in [3.05, 3.63) is 54.1 Å². The van der Waals surface area contributed by atoms with E-state index in [9.17, 15) is 18.0 Å². The Morgan fingerprint density at radius 2 is 1.47 bits per heavy atom. The van der Waals surface area contributed by atoms with Gasteiger partial charge in [0.2, 0.25) is 0 Å². The Labute approximate surface area is 172 Å². The lowest BCUT2D eigenvalue weighted by Crippen LogP contribution is -2.42. The van der Waals surface area contributed by atoms with Crippen molar-refractivity contribution in [2.75, 3.05) is 19.7 Å². The smallest absolute Gasteiger partial charge is 0.465 e. The minimum atomic E-state index is -4.71. The molecule has 5 nitrogen and oxygen atoms in total. The summed E-state index contributed by atoms with van der Waals surface area (Å²) in [6.07, 6.45) is -2.22. The van der Waals surface area contributed by atoms with Crippen molar-refractivity contribution in [2.24, 2.45) is 5.41 Å². The Hall–Kier alpha value is -2.74. The normalized spacial score (nSPS) is 19.0. The van der Waals surface area contributed by atoms with Gasteiger partial charge < -0.3 is 14.2 Å². The number of hydrogen-bond acceptors (Lipinski definition) is 5. The van der Waals surface area contributed by atoms with Gasteiger partial charge >= 0.3 is 12.3 Å². The van der Waals surface area contributed by atoms with Crippen LogP contribution < -0.4 is 9.47 Å². The molecule has 0 unspecified atom stereocenters. The third kappa shape index (κ3) is 4.87. The zero-order valence-electron chi connectivity index (χ0n) is 16.3. The van der Waals surface area contributed by atoms with Crippen molar-refractivity contribution in [1.29, 1.82) is 0 Å². The number of cyclic esters (lactones) is 1. The van der Waals surface area contributed by atoms with Crippen LogP contribution in [-0.4, -0.2) is 36.9 Å². The Morgan fingerprint density at radius 3 is 2.00 bits per heavy atom. The zero-order valence-corrected chi connectivity index (χ0v) is 16.3. The fourth-order valence-electron chi connectivity index (χ4n) is 3.95. The van der Waals surface area contributed by atoms with Crippen LogP contribution in [0.2, 0.25) is 0 Å². The van der Waals surface area contributed by atoms with E-state index < -0.39 is 6.36 Å². The van der Waals surface area contributed by atoms with Crippen molar-refractivity contribution in [3.63, 3.8) is 0 Å². The molecule has 0 atom stereocenters. The van der Waals surface area contributed by atoms with Gasteiger partial charge in [0.1, 0.15) is 17.2 Å². The van der Waals surface area contributed by atoms with E-state index in [4.69, 9.17) is 9.47 Å². The molecule has 2 aliphatic heterocycles. The van der Waals surface area contributed by atoms with E-state index in [0.717, 1.165) is 44.5 Å². The highest BCUT2D eigenvalue weighted by atomic mass is 19.4. The maximum Gasteiger partial charge on any atom is 0.573 e. The Bertz CT molecular complexity index is 873. The van der Waals surface area contributed by atoms with E-state index in [1.807, 2.05) is 24.3 Å². The number of carbonyl (C=O) groups excluding carboxylic acids is 1. The average Bonchev–Trinajstić information content (AvgIpc) is 3.06. The second-order valence-corrected chi connectivity index (χ2v) is 7.71. The summed E-state index contributed by atoms with van der Waals surface area (Å²) in [6, 6.07) is 12.8. The fraction of sp³-hybridized carbons (Fsp3) is 0.409. The molecular weight excluding hydrogens is 399 g/mol. The van der Waals surface area contributed by atoms with Gasteiger partial charge in [-0.2, -0.15) is 0 Å². The first-order valence-electron chi connectivity index (χ1n) is 9.84. The highest BCUT2D eigenvalue weighted by Gasteiger charge is 2.46. The lowest BCUT2D eigenvalue weighted by molar-refractivity contribution is -0.274. The highest BCUT2D eigenvalue weighted by Crippen LogP contribution is 2.40. The predicted octanol–water partition coefficient (Wildman–Crippen LogP) is 4.91. The van der Waals surface area contributed by atoms with Gasteiger partial charge in [0.05, 0.1) is 12.0 Å². The van der Waals surface area contributed by atoms with Crippen molar-refractivity contribution < 1.29 is 32.2 Å². The topological polar surface area (TPSA) is 48.0 Å². The number of ether oxygens (including phenoxy) is 3. The number of likely N-dealkylation sites (tertiary alicyclic amines) is 1. The van der Waals surface area contributed by atoms with Crippen molar-refractivity contribution in [2.45, 2.75) is 32.2 Å². The summed E-state index contributed by atoms with van der Waals surface area (Å²) in [7, 11) is 0. The molecule has 0 radical (unpaired) electrons. The fourth-order valence-corrected chi connectivity index (χ4v) is 3.95. The molecule has 0 aliphatic carbocycles. The molecule has 0 amide bonds. The first kappa shape index (κ1) is 20.5. The number of rotatable bonds is 5. The first-order chi connectivity index (χ1) is 14.3. The van der Waals surface area contributed by atoms with Crippen LogP contribution in [0.5, 0.6) is 17.2 Å². The monoisotopic (exact) mass is 421 g/mol. The number of esters is 1. The third-order valence-corrected chi connectivity index (χ3v) is 5.68. The van der Waals surface area contributed by atoms with Gasteiger partial charge in [-0.05, 0) is 74.3 Å². The minimum Gasteiger partial charge on any atom is -0.465 e. The van der Waals surface area contributed by atoms with Crippen LogP contribution in [0, 0.1) is 5.41 Å². The molecule has 0 aromatic heterocycles. The van der Waals surface area contributed by atoms with Gasteiger partial charge in [0.25, 0.3) is 0 Å².